The average molecular weight is 265 g/mol. The molecule has 7 nitrogen and oxygen atoms in total. The van der Waals surface area contributed by atoms with E-state index in [0.29, 0.717) is 18.9 Å². The minimum Gasteiger partial charge on any atom is -0.360 e. The van der Waals surface area contributed by atoms with Crippen LogP contribution in [0.5, 0.6) is 0 Å². The summed E-state index contributed by atoms with van der Waals surface area (Å²) < 4.78 is 0. The van der Waals surface area contributed by atoms with Crippen LogP contribution in [0.15, 0.2) is 12.1 Å². The number of hydrogen-bond donors (Lipinski definition) is 3. The van der Waals surface area contributed by atoms with Gasteiger partial charge in [-0.25, -0.2) is 0 Å². The minimum absolute atomic E-state index is 0.101. The summed E-state index contributed by atoms with van der Waals surface area (Å²) in [5.41, 5.74) is 0.253. The van der Waals surface area contributed by atoms with E-state index in [1.54, 1.807) is 12.1 Å². The number of nitrogens with one attached hydrogen (secondary N) is 3. The predicted molar refractivity (Wildman–Crippen MR) is 71.8 cm³/mol. The number of carbonyl (C=O) groups excluding carboxylic acids is 2. The van der Waals surface area contributed by atoms with E-state index in [1.807, 2.05) is 13.8 Å². The molecular formula is C12H19N5O2. The van der Waals surface area contributed by atoms with Crippen molar-refractivity contribution in [2.24, 2.45) is 0 Å². The quantitative estimate of drug-likeness (QED) is 0.653. The fraction of sp³-hybridized carbons (Fsp3) is 0.500. The Balaban J connectivity index is 2.44. The van der Waals surface area contributed by atoms with Crippen LogP contribution in [0.1, 0.15) is 30.8 Å². The molecule has 0 spiro atoms. The van der Waals surface area contributed by atoms with E-state index < -0.39 is 0 Å². The minimum atomic E-state index is -0.262. The van der Waals surface area contributed by atoms with Crippen LogP contribution in [0.25, 0.3) is 0 Å². The Morgan fingerprint density at radius 1 is 1.16 bits per heavy atom. The zero-order chi connectivity index (χ0) is 14.1. The molecule has 0 unspecified atom stereocenters. The van der Waals surface area contributed by atoms with Crippen molar-refractivity contribution >= 4 is 17.6 Å². The smallest absolute Gasteiger partial charge is 0.271 e. The second-order valence-electron chi connectivity index (χ2n) is 3.87. The first-order valence-corrected chi connectivity index (χ1v) is 6.29. The lowest BCUT2D eigenvalue weighted by molar-refractivity contribution is -0.119. The topological polar surface area (TPSA) is 96.0 Å². The molecule has 19 heavy (non-hydrogen) atoms. The maximum atomic E-state index is 11.4. The Hall–Kier alpha value is -2.18. The van der Waals surface area contributed by atoms with Gasteiger partial charge in [-0.2, -0.15) is 0 Å². The highest BCUT2D eigenvalue weighted by atomic mass is 16.2. The number of hydrogen-bond acceptors (Lipinski definition) is 5. The van der Waals surface area contributed by atoms with Gasteiger partial charge in [-0.05, 0) is 25.5 Å². The van der Waals surface area contributed by atoms with Gasteiger partial charge in [0.2, 0.25) is 5.91 Å². The number of anilines is 1. The zero-order valence-electron chi connectivity index (χ0n) is 11.2. The number of carbonyl (C=O) groups is 2. The van der Waals surface area contributed by atoms with E-state index in [9.17, 15) is 9.59 Å². The van der Waals surface area contributed by atoms with Crippen LogP contribution >= 0.6 is 0 Å². The Labute approximate surface area is 112 Å². The molecule has 0 bridgehead atoms. The van der Waals surface area contributed by atoms with Gasteiger partial charge in [-0.15, -0.1) is 10.2 Å². The lowest BCUT2D eigenvalue weighted by Crippen LogP contribution is -2.30. The van der Waals surface area contributed by atoms with Gasteiger partial charge in [0, 0.05) is 13.1 Å². The largest absolute Gasteiger partial charge is 0.360 e. The SMILES string of the molecule is CCCNC(=O)CNc1ccc(C(=O)NCC)nn1. The summed E-state index contributed by atoms with van der Waals surface area (Å²) in [6, 6.07) is 3.18. The Morgan fingerprint density at radius 3 is 2.53 bits per heavy atom. The molecule has 1 heterocycles. The highest BCUT2D eigenvalue weighted by molar-refractivity contribution is 5.92. The fourth-order valence-corrected chi connectivity index (χ4v) is 1.30. The van der Waals surface area contributed by atoms with Crippen molar-refractivity contribution in [3.05, 3.63) is 17.8 Å². The first-order valence-electron chi connectivity index (χ1n) is 6.29. The second kappa shape index (κ2) is 8.02. The maximum absolute atomic E-state index is 11.4. The lowest BCUT2D eigenvalue weighted by atomic mass is 10.3. The van der Waals surface area contributed by atoms with Crippen molar-refractivity contribution in [3.63, 3.8) is 0 Å². The second-order valence-corrected chi connectivity index (χ2v) is 3.87. The van der Waals surface area contributed by atoms with Crippen LogP contribution in [0, 0.1) is 0 Å². The van der Waals surface area contributed by atoms with E-state index in [-0.39, 0.29) is 24.1 Å². The molecular weight excluding hydrogens is 246 g/mol. The number of amides is 2. The van der Waals surface area contributed by atoms with Crippen LogP contribution in [0.2, 0.25) is 0 Å². The van der Waals surface area contributed by atoms with Crippen molar-refractivity contribution < 1.29 is 9.59 Å². The Kier molecular flexibility index (Phi) is 6.28. The van der Waals surface area contributed by atoms with Crippen LogP contribution in [0.4, 0.5) is 5.82 Å². The van der Waals surface area contributed by atoms with Gasteiger partial charge in [0.25, 0.3) is 5.91 Å². The number of rotatable bonds is 7. The highest BCUT2D eigenvalue weighted by Crippen LogP contribution is 2.01. The summed E-state index contributed by atoms with van der Waals surface area (Å²) in [6.07, 6.45) is 0.896. The number of nitrogens with zero attached hydrogens (tertiary/aromatic N) is 2. The lowest BCUT2D eigenvalue weighted by Gasteiger charge is -2.06. The molecule has 0 aromatic carbocycles. The molecule has 1 aromatic rings. The van der Waals surface area contributed by atoms with E-state index in [1.165, 1.54) is 0 Å². The van der Waals surface area contributed by atoms with Gasteiger partial charge in [0.05, 0.1) is 6.54 Å². The van der Waals surface area contributed by atoms with E-state index >= 15 is 0 Å². The third kappa shape index (κ3) is 5.33. The summed E-state index contributed by atoms with van der Waals surface area (Å²) in [5.74, 6) is 0.0957. The third-order valence-electron chi connectivity index (χ3n) is 2.24. The molecule has 0 radical (unpaired) electrons. The molecule has 7 heteroatoms. The van der Waals surface area contributed by atoms with Crippen molar-refractivity contribution in [2.75, 3.05) is 25.0 Å². The third-order valence-corrected chi connectivity index (χ3v) is 2.24. The Bertz CT molecular complexity index is 419. The first-order chi connectivity index (χ1) is 9.17. The molecule has 3 N–H and O–H groups in total. The monoisotopic (exact) mass is 265 g/mol. The average Bonchev–Trinajstić information content (AvgIpc) is 2.43. The molecule has 0 saturated carbocycles. The van der Waals surface area contributed by atoms with Crippen LogP contribution in [-0.4, -0.2) is 41.6 Å². The molecule has 0 atom stereocenters. The van der Waals surface area contributed by atoms with Crippen LogP contribution in [-0.2, 0) is 4.79 Å². The summed E-state index contributed by atoms with van der Waals surface area (Å²) in [4.78, 5) is 22.8. The van der Waals surface area contributed by atoms with Gasteiger partial charge in [0.1, 0.15) is 5.82 Å². The van der Waals surface area contributed by atoms with Crippen LogP contribution < -0.4 is 16.0 Å². The summed E-state index contributed by atoms with van der Waals surface area (Å²) >= 11 is 0. The standard InChI is InChI=1S/C12H19N5O2/c1-3-7-14-11(18)8-15-10-6-5-9(16-17-10)12(19)13-4-2/h5-6H,3-4,7-8H2,1-2H3,(H,13,19)(H,14,18)(H,15,17). The summed E-state index contributed by atoms with van der Waals surface area (Å²) in [7, 11) is 0. The molecule has 2 amide bonds. The molecule has 1 aromatic heterocycles. The van der Waals surface area contributed by atoms with Gasteiger partial charge in [-0.1, -0.05) is 6.92 Å². The molecule has 0 fully saturated rings. The van der Waals surface area contributed by atoms with Crippen LogP contribution in [0.3, 0.4) is 0 Å². The Morgan fingerprint density at radius 2 is 1.95 bits per heavy atom. The molecule has 1 rings (SSSR count). The molecule has 0 aliphatic heterocycles. The fourth-order valence-electron chi connectivity index (χ4n) is 1.30. The number of aromatic nitrogens is 2. The molecule has 104 valence electrons. The zero-order valence-corrected chi connectivity index (χ0v) is 11.2. The van der Waals surface area contributed by atoms with Gasteiger partial charge in [0.15, 0.2) is 5.69 Å². The van der Waals surface area contributed by atoms with E-state index in [0.717, 1.165) is 6.42 Å². The van der Waals surface area contributed by atoms with Crippen molar-refractivity contribution in [3.8, 4) is 0 Å². The van der Waals surface area contributed by atoms with E-state index in [2.05, 4.69) is 26.1 Å². The van der Waals surface area contributed by atoms with Gasteiger partial charge in [-0.3, -0.25) is 9.59 Å². The van der Waals surface area contributed by atoms with Crippen molar-refractivity contribution in [1.82, 2.24) is 20.8 Å². The normalized spacial score (nSPS) is 9.79. The van der Waals surface area contributed by atoms with Gasteiger partial charge >= 0.3 is 0 Å². The summed E-state index contributed by atoms with van der Waals surface area (Å²) in [6.45, 7) is 5.14. The van der Waals surface area contributed by atoms with Crippen molar-refractivity contribution in [1.29, 1.82) is 0 Å². The predicted octanol–water partition coefficient (Wildman–Crippen LogP) is 0.164. The highest BCUT2D eigenvalue weighted by Gasteiger charge is 2.07. The van der Waals surface area contributed by atoms with E-state index in [4.69, 9.17) is 0 Å². The maximum Gasteiger partial charge on any atom is 0.271 e. The molecule has 0 saturated heterocycles. The first kappa shape index (κ1) is 14.9. The van der Waals surface area contributed by atoms with Gasteiger partial charge < -0.3 is 16.0 Å². The molecule has 0 aliphatic carbocycles. The summed E-state index contributed by atoms with van der Waals surface area (Å²) in [5, 5.41) is 15.8. The molecule has 0 aliphatic rings. The van der Waals surface area contributed by atoms with Crippen molar-refractivity contribution in [2.45, 2.75) is 20.3 Å².